The topological polar surface area (TPSA) is 108 Å². The highest BCUT2D eigenvalue weighted by Gasteiger charge is 2.23. The number of amides is 1. The minimum Gasteiger partial charge on any atom is -0.756 e. The number of phosphoric ester groups is 1. The van der Waals surface area contributed by atoms with E-state index in [0.717, 1.165) is 57.8 Å². The molecule has 0 aromatic heterocycles. The van der Waals surface area contributed by atoms with Crippen LogP contribution in [0.4, 0.5) is 0 Å². The molecule has 0 heterocycles. The first kappa shape index (κ1) is 63.5. The van der Waals surface area contributed by atoms with Crippen molar-refractivity contribution >= 4 is 13.7 Å². The third-order valence-corrected chi connectivity index (χ3v) is 13.2. The summed E-state index contributed by atoms with van der Waals surface area (Å²) in [5, 5.41) is 13.6. The van der Waals surface area contributed by atoms with E-state index >= 15 is 0 Å². The molecule has 382 valence electrons. The van der Waals surface area contributed by atoms with E-state index in [1.165, 1.54) is 173 Å². The summed E-state index contributed by atoms with van der Waals surface area (Å²) >= 11 is 0. The van der Waals surface area contributed by atoms with Gasteiger partial charge in [-0.05, 0) is 57.8 Å². The van der Waals surface area contributed by atoms with Gasteiger partial charge in [-0.3, -0.25) is 9.36 Å². The molecule has 0 bridgehead atoms. The number of allylic oxidation sites excluding steroid dienone is 7. The van der Waals surface area contributed by atoms with E-state index in [4.69, 9.17) is 9.05 Å². The number of aliphatic hydroxyl groups excluding tert-OH is 1. The van der Waals surface area contributed by atoms with Crippen LogP contribution in [0, 0.1) is 0 Å². The van der Waals surface area contributed by atoms with Crippen LogP contribution in [0.1, 0.15) is 251 Å². The summed E-state index contributed by atoms with van der Waals surface area (Å²) in [5.74, 6) is -0.201. The molecule has 0 saturated heterocycles. The first-order valence-electron chi connectivity index (χ1n) is 27.5. The van der Waals surface area contributed by atoms with Crippen LogP contribution in [0.25, 0.3) is 0 Å². The van der Waals surface area contributed by atoms with Crippen molar-refractivity contribution in [1.29, 1.82) is 0 Å². The summed E-state index contributed by atoms with van der Waals surface area (Å²) in [6.45, 7) is 4.56. The Bertz CT molecular complexity index is 1200. The number of aliphatic hydroxyl groups is 1. The maximum Gasteiger partial charge on any atom is 0.268 e. The second-order valence-electron chi connectivity index (χ2n) is 19.9. The Morgan fingerprint density at radius 3 is 1.31 bits per heavy atom. The molecule has 0 aliphatic rings. The molecule has 0 aliphatic heterocycles. The lowest BCUT2D eigenvalue weighted by atomic mass is 10.0. The smallest absolute Gasteiger partial charge is 0.268 e. The highest BCUT2D eigenvalue weighted by Crippen LogP contribution is 2.38. The van der Waals surface area contributed by atoms with Crippen LogP contribution >= 0.6 is 7.82 Å². The molecule has 0 saturated carbocycles. The standard InChI is InChI=1S/C56H107N2O6P/c1-6-8-10-12-14-15-16-17-18-19-20-21-22-23-24-25-26-27-28-29-30-31-32-33-34-35-36-37-38-39-40-41-42-43-44-46-48-50-56(60)57-54(55(59)49-47-45-13-11-9-7-2)53-64-65(61,62)63-52-51-58(3,4)5/h16-17,19-20,22-23,47,49,54-55,59H,6-15,18,21,24-46,48,50-53H2,1-5H3,(H-,57,60,61,62)/b17-16-,20-19-,23-22-,49-47+. The molecule has 0 aromatic carbocycles. The summed E-state index contributed by atoms with van der Waals surface area (Å²) in [6, 6.07) is -0.881. The fraction of sp³-hybridized carbons (Fsp3) is 0.839. The van der Waals surface area contributed by atoms with Crippen molar-refractivity contribution in [3.8, 4) is 0 Å². The second-order valence-corrected chi connectivity index (χ2v) is 21.3. The van der Waals surface area contributed by atoms with Crippen molar-refractivity contribution in [3.05, 3.63) is 48.6 Å². The molecule has 2 N–H and O–H groups in total. The van der Waals surface area contributed by atoms with E-state index in [1.807, 2.05) is 27.2 Å². The highest BCUT2D eigenvalue weighted by molar-refractivity contribution is 7.45. The number of rotatable bonds is 50. The molecule has 9 heteroatoms. The van der Waals surface area contributed by atoms with E-state index in [2.05, 4.69) is 55.6 Å². The van der Waals surface area contributed by atoms with E-state index < -0.39 is 20.0 Å². The lowest BCUT2D eigenvalue weighted by Crippen LogP contribution is -2.45. The SMILES string of the molecule is CCCCCC/C=C/C(O)C(COP(=O)([O-])OCC[N+](C)(C)C)NC(=O)CCCCCCCCCCCCCCCCCCCCCCCC/C=C\C/C=C\C/C=C\CCCCCCC. The van der Waals surface area contributed by atoms with Gasteiger partial charge in [0.25, 0.3) is 7.82 Å². The van der Waals surface area contributed by atoms with Crippen molar-refractivity contribution < 1.29 is 32.9 Å². The van der Waals surface area contributed by atoms with E-state index in [-0.39, 0.29) is 19.1 Å². The van der Waals surface area contributed by atoms with Crippen molar-refractivity contribution in [3.63, 3.8) is 0 Å². The van der Waals surface area contributed by atoms with Gasteiger partial charge >= 0.3 is 0 Å². The first-order valence-corrected chi connectivity index (χ1v) is 29.0. The molecule has 3 unspecified atom stereocenters. The number of carbonyl (C=O) groups excluding carboxylic acids is 1. The van der Waals surface area contributed by atoms with Gasteiger partial charge in [0.05, 0.1) is 39.9 Å². The van der Waals surface area contributed by atoms with Gasteiger partial charge in [-0.2, -0.15) is 0 Å². The number of carbonyl (C=O) groups is 1. The van der Waals surface area contributed by atoms with Gasteiger partial charge in [0.1, 0.15) is 13.2 Å². The largest absolute Gasteiger partial charge is 0.756 e. The Hall–Kier alpha value is -1.54. The van der Waals surface area contributed by atoms with Gasteiger partial charge in [0.15, 0.2) is 0 Å². The van der Waals surface area contributed by atoms with Crippen molar-refractivity contribution in [2.45, 2.75) is 264 Å². The van der Waals surface area contributed by atoms with Gasteiger partial charge in [-0.25, -0.2) is 0 Å². The van der Waals surface area contributed by atoms with Crippen LogP contribution in [-0.2, 0) is 18.4 Å². The summed E-state index contributed by atoms with van der Waals surface area (Å²) in [7, 11) is 1.26. The number of nitrogens with zero attached hydrogens (tertiary/aromatic N) is 1. The Morgan fingerprint density at radius 2 is 0.892 bits per heavy atom. The predicted octanol–water partition coefficient (Wildman–Crippen LogP) is 15.7. The molecule has 8 nitrogen and oxygen atoms in total. The number of unbranched alkanes of at least 4 members (excludes halogenated alkanes) is 31. The molecule has 0 spiro atoms. The van der Waals surface area contributed by atoms with E-state index in [9.17, 15) is 19.4 Å². The molecule has 0 aliphatic carbocycles. The van der Waals surface area contributed by atoms with Crippen LogP contribution in [0.15, 0.2) is 48.6 Å². The molecule has 0 radical (unpaired) electrons. The summed E-state index contributed by atoms with van der Waals surface area (Å²) in [5.41, 5.74) is 0. The third-order valence-electron chi connectivity index (χ3n) is 12.3. The fourth-order valence-electron chi connectivity index (χ4n) is 7.93. The average Bonchev–Trinajstić information content (AvgIpc) is 3.26. The summed E-state index contributed by atoms with van der Waals surface area (Å²) < 4.78 is 23.1. The van der Waals surface area contributed by atoms with Crippen molar-refractivity contribution in [1.82, 2.24) is 5.32 Å². The summed E-state index contributed by atoms with van der Waals surface area (Å²) in [4.78, 5) is 25.2. The third kappa shape index (κ3) is 50.2. The highest BCUT2D eigenvalue weighted by atomic mass is 31.2. The first-order chi connectivity index (χ1) is 31.5. The second kappa shape index (κ2) is 47.5. The molecule has 1 amide bonds. The van der Waals surface area contributed by atoms with Gasteiger partial charge in [-0.15, -0.1) is 0 Å². The summed E-state index contributed by atoms with van der Waals surface area (Å²) in [6.07, 6.45) is 62.5. The van der Waals surface area contributed by atoms with Crippen LogP contribution in [0.5, 0.6) is 0 Å². The van der Waals surface area contributed by atoms with Crippen LogP contribution in [0.2, 0.25) is 0 Å². The van der Waals surface area contributed by atoms with Gasteiger partial charge in [-0.1, -0.05) is 236 Å². The molecule has 3 atom stereocenters. The molecule has 65 heavy (non-hydrogen) atoms. The monoisotopic (exact) mass is 935 g/mol. The average molecular weight is 935 g/mol. The Balaban J connectivity index is 3.76. The molecular weight excluding hydrogens is 828 g/mol. The van der Waals surface area contributed by atoms with Crippen LogP contribution in [-0.4, -0.2) is 68.5 Å². The molecule has 0 fully saturated rings. The van der Waals surface area contributed by atoms with Crippen LogP contribution in [0.3, 0.4) is 0 Å². The number of hydrogen-bond donors (Lipinski definition) is 2. The van der Waals surface area contributed by atoms with Crippen molar-refractivity contribution in [2.24, 2.45) is 0 Å². The normalized spacial score (nSPS) is 14.4. The van der Waals surface area contributed by atoms with Crippen molar-refractivity contribution in [2.75, 3.05) is 40.9 Å². The number of hydrogen-bond acceptors (Lipinski definition) is 6. The Kier molecular flexibility index (Phi) is 46.4. The number of phosphoric acid groups is 1. The Labute approximate surface area is 403 Å². The van der Waals surface area contributed by atoms with E-state index in [1.54, 1.807) is 6.08 Å². The quantitative estimate of drug-likeness (QED) is 0.0272. The van der Waals surface area contributed by atoms with E-state index in [0.29, 0.717) is 17.4 Å². The Morgan fingerprint density at radius 1 is 0.538 bits per heavy atom. The molecule has 0 aromatic rings. The lowest BCUT2D eigenvalue weighted by molar-refractivity contribution is -0.870. The maximum absolute atomic E-state index is 12.8. The maximum atomic E-state index is 12.8. The predicted molar refractivity (Wildman–Crippen MR) is 279 cm³/mol. The number of likely N-dealkylation sites (N-methyl/N-ethyl adjacent to an activating group) is 1. The van der Waals surface area contributed by atoms with Gasteiger partial charge in [0.2, 0.25) is 5.91 Å². The zero-order valence-corrected chi connectivity index (χ0v) is 44.3. The zero-order chi connectivity index (χ0) is 47.8. The van der Waals surface area contributed by atoms with Crippen LogP contribution < -0.4 is 10.2 Å². The fourth-order valence-corrected chi connectivity index (χ4v) is 8.65. The molecular formula is C56H107N2O6P. The van der Waals surface area contributed by atoms with Gasteiger partial charge in [0, 0.05) is 6.42 Å². The number of quaternary nitrogens is 1. The minimum atomic E-state index is -4.58. The lowest BCUT2D eigenvalue weighted by Gasteiger charge is -2.29. The number of nitrogens with one attached hydrogen (secondary N) is 1. The molecule has 0 rings (SSSR count). The van der Waals surface area contributed by atoms with Gasteiger partial charge < -0.3 is 28.8 Å². The zero-order valence-electron chi connectivity index (χ0n) is 43.4. The minimum absolute atomic E-state index is 0.00100.